The van der Waals surface area contributed by atoms with E-state index >= 15 is 0 Å². The summed E-state index contributed by atoms with van der Waals surface area (Å²) >= 11 is 0. The molecular formula is C17H24N4O2. The highest BCUT2D eigenvalue weighted by Crippen LogP contribution is 2.18. The van der Waals surface area contributed by atoms with Crippen LogP contribution in [0.15, 0.2) is 24.4 Å². The lowest BCUT2D eigenvalue weighted by Crippen LogP contribution is -2.34. The van der Waals surface area contributed by atoms with Crippen LogP contribution >= 0.6 is 0 Å². The van der Waals surface area contributed by atoms with Gasteiger partial charge in [-0.3, -0.25) is 4.68 Å². The molecule has 0 aliphatic rings. The number of urea groups is 1. The number of nitrogens with zero attached hydrogens (tertiary/aromatic N) is 2. The minimum absolute atomic E-state index is 0.190. The summed E-state index contributed by atoms with van der Waals surface area (Å²) in [5.41, 5.74) is 4.15. The van der Waals surface area contributed by atoms with Crippen molar-refractivity contribution in [3.8, 4) is 5.75 Å². The fraction of sp³-hybridized carbons (Fsp3) is 0.412. The number of rotatable bonds is 6. The number of hydrogen-bond acceptors (Lipinski definition) is 3. The smallest absolute Gasteiger partial charge is 0.315 e. The van der Waals surface area contributed by atoms with Crippen LogP contribution in [0, 0.1) is 6.92 Å². The Bertz CT molecular complexity index is 679. The average Bonchev–Trinajstić information content (AvgIpc) is 2.91. The second kappa shape index (κ2) is 7.67. The third kappa shape index (κ3) is 4.48. The van der Waals surface area contributed by atoms with Crippen molar-refractivity contribution in [2.75, 3.05) is 7.11 Å². The topological polar surface area (TPSA) is 68.2 Å². The normalized spacial score (nSPS) is 10.4. The van der Waals surface area contributed by atoms with Gasteiger partial charge in [-0.15, -0.1) is 0 Å². The third-order valence-electron chi connectivity index (χ3n) is 3.68. The lowest BCUT2D eigenvalue weighted by molar-refractivity contribution is 0.240. The van der Waals surface area contributed by atoms with E-state index < -0.39 is 0 Å². The summed E-state index contributed by atoms with van der Waals surface area (Å²) in [6, 6.07) is 5.68. The zero-order valence-corrected chi connectivity index (χ0v) is 14.1. The Kier molecular flexibility index (Phi) is 5.62. The van der Waals surface area contributed by atoms with Gasteiger partial charge < -0.3 is 15.4 Å². The van der Waals surface area contributed by atoms with Gasteiger partial charge in [0, 0.05) is 31.9 Å². The van der Waals surface area contributed by atoms with E-state index in [0.717, 1.165) is 34.6 Å². The van der Waals surface area contributed by atoms with Gasteiger partial charge in [-0.2, -0.15) is 5.10 Å². The molecular weight excluding hydrogens is 292 g/mol. The van der Waals surface area contributed by atoms with Crippen LogP contribution in [0.4, 0.5) is 4.79 Å². The summed E-state index contributed by atoms with van der Waals surface area (Å²) in [5.74, 6) is 0.849. The van der Waals surface area contributed by atoms with Crippen LogP contribution in [0.1, 0.15) is 29.3 Å². The van der Waals surface area contributed by atoms with E-state index in [1.165, 1.54) is 0 Å². The lowest BCUT2D eigenvalue weighted by Gasteiger charge is -2.10. The second-order valence-electron chi connectivity index (χ2n) is 5.47. The predicted octanol–water partition coefficient (Wildman–Crippen LogP) is 2.30. The number of methoxy groups -OCH3 is 1. The van der Waals surface area contributed by atoms with E-state index in [9.17, 15) is 4.79 Å². The average molecular weight is 316 g/mol. The lowest BCUT2D eigenvalue weighted by atomic mass is 10.1. The number of aromatic nitrogens is 2. The maximum atomic E-state index is 11.9. The van der Waals surface area contributed by atoms with E-state index in [1.54, 1.807) is 11.8 Å². The first kappa shape index (κ1) is 16.9. The molecule has 0 aliphatic heterocycles. The van der Waals surface area contributed by atoms with Crippen LogP contribution in [0.3, 0.4) is 0 Å². The van der Waals surface area contributed by atoms with Crippen molar-refractivity contribution in [1.29, 1.82) is 0 Å². The fourth-order valence-corrected chi connectivity index (χ4v) is 2.50. The molecule has 0 bridgehead atoms. The summed E-state index contributed by atoms with van der Waals surface area (Å²) in [5, 5.41) is 10.1. The SMILES string of the molecule is CCc1nn(C)cc1CNC(=O)NCc1ccc(OC)c(C)c1. The largest absolute Gasteiger partial charge is 0.496 e. The Morgan fingerprint density at radius 2 is 2.04 bits per heavy atom. The van der Waals surface area contributed by atoms with Gasteiger partial charge in [-0.25, -0.2) is 4.79 Å². The molecule has 0 spiro atoms. The molecule has 0 fully saturated rings. The zero-order chi connectivity index (χ0) is 16.8. The van der Waals surface area contributed by atoms with Gasteiger partial charge in [0.15, 0.2) is 0 Å². The highest BCUT2D eigenvalue weighted by Gasteiger charge is 2.08. The quantitative estimate of drug-likeness (QED) is 0.859. The molecule has 6 nitrogen and oxygen atoms in total. The van der Waals surface area contributed by atoms with Crippen molar-refractivity contribution < 1.29 is 9.53 Å². The van der Waals surface area contributed by atoms with Gasteiger partial charge in [-0.05, 0) is 30.5 Å². The second-order valence-corrected chi connectivity index (χ2v) is 5.47. The van der Waals surface area contributed by atoms with Gasteiger partial charge >= 0.3 is 6.03 Å². The first-order chi connectivity index (χ1) is 11.0. The van der Waals surface area contributed by atoms with E-state index in [2.05, 4.69) is 22.7 Å². The van der Waals surface area contributed by atoms with Gasteiger partial charge in [-0.1, -0.05) is 19.1 Å². The van der Waals surface area contributed by atoms with Crippen molar-refractivity contribution in [3.63, 3.8) is 0 Å². The number of aryl methyl sites for hydroxylation is 3. The summed E-state index contributed by atoms with van der Waals surface area (Å²) in [6.07, 6.45) is 2.79. The van der Waals surface area contributed by atoms with Crippen LogP contribution in [0.5, 0.6) is 5.75 Å². The molecule has 0 aliphatic carbocycles. The Morgan fingerprint density at radius 3 is 2.70 bits per heavy atom. The number of hydrogen-bond donors (Lipinski definition) is 2. The number of ether oxygens (including phenoxy) is 1. The summed E-state index contributed by atoms with van der Waals surface area (Å²) in [7, 11) is 3.53. The van der Waals surface area contributed by atoms with Gasteiger partial charge in [0.25, 0.3) is 0 Å². The molecule has 6 heteroatoms. The van der Waals surface area contributed by atoms with Crippen LogP contribution in [0.2, 0.25) is 0 Å². The molecule has 23 heavy (non-hydrogen) atoms. The van der Waals surface area contributed by atoms with Crippen molar-refractivity contribution >= 4 is 6.03 Å². The summed E-state index contributed by atoms with van der Waals surface area (Å²) < 4.78 is 7.00. The minimum Gasteiger partial charge on any atom is -0.496 e. The van der Waals surface area contributed by atoms with Gasteiger partial charge in [0.1, 0.15) is 5.75 Å². The molecule has 0 atom stereocenters. The standard InChI is InChI=1S/C17H24N4O2/c1-5-15-14(11-21(3)20-15)10-19-17(22)18-9-13-6-7-16(23-4)12(2)8-13/h6-8,11H,5,9-10H2,1-4H3,(H2,18,19,22). The molecule has 124 valence electrons. The third-order valence-corrected chi connectivity index (χ3v) is 3.68. The van der Waals surface area contributed by atoms with E-state index in [1.807, 2.05) is 38.4 Å². The fourth-order valence-electron chi connectivity index (χ4n) is 2.50. The Balaban J connectivity index is 1.84. The Morgan fingerprint density at radius 1 is 1.30 bits per heavy atom. The van der Waals surface area contributed by atoms with Crippen LogP contribution in [0.25, 0.3) is 0 Å². The van der Waals surface area contributed by atoms with Crippen molar-refractivity contribution in [2.45, 2.75) is 33.4 Å². The van der Waals surface area contributed by atoms with Crippen molar-refractivity contribution in [3.05, 3.63) is 46.8 Å². The molecule has 0 saturated carbocycles. The number of amides is 2. The number of benzene rings is 1. The summed E-state index contributed by atoms with van der Waals surface area (Å²) in [6.45, 7) is 4.99. The minimum atomic E-state index is -0.190. The first-order valence-electron chi connectivity index (χ1n) is 7.70. The molecule has 2 rings (SSSR count). The molecule has 0 unspecified atom stereocenters. The predicted molar refractivity (Wildman–Crippen MR) is 89.4 cm³/mol. The molecule has 1 aromatic heterocycles. The first-order valence-corrected chi connectivity index (χ1v) is 7.70. The highest BCUT2D eigenvalue weighted by atomic mass is 16.5. The maximum absolute atomic E-state index is 11.9. The highest BCUT2D eigenvalue weighted by molar-refractivity contribution is 5.73. The molecule has 2 aromatic rings. The Labute approximate surface area is 136 Å². The van der Waals surface area contributed by atoms with Crippen molar-refractivity contribution in [2.24, 2.45) is 7.05 Å². The van der Waals surface area contributed by atoms with Gasteiger partial charge in [0.05, 0.1) is 12.8 Å². The molecule has 0 saturated heterocycles. The number of carbonyl (C=O) groups excluding carboxylic acids is 1. The Hall–Kier alpha value is -2.50. The molecule has 1 heterocycles. The van der Waals surface area contributed by atoms with E-state index in [0.29, 0.717) is 13.1 Å². The van der Waals surface area contributed by atoms with E-state index in [-0.39, 0.29) is 6.03 Å². The zero-order valence-electron chi connectivity index (χ0n) is 14.1. The van der Waals surface area contributed by atoms with Crippen LogP contribution < -0.4 is 15.4 Å². The maximum Gasteiger partial charge on any atom is 0.315 e. The van der Waals surface area contributed by atoms with Crippen LogP contribution in [-0.2, 0) is 26.6 Å². The number of carbonyl (C=O) groups is 1. The van der Waals surface area contributed by atoms with Crippen LogP contribution in [-0.4, -0.2) is 22.9 Å². The molecule has 2 amide bonds. The van der Waals surface area contributed by atoms with E-state index in [4.69, 9.17) is 4.74 Å². The van der Waals surface area contributed by atoms with Crippen molar-refractivity contribution in [1.82, 2.24) is 20.4 Å². The number of nitrogens with one attached hydrogen (secondary N) is 2. The molecule has 2 N–H and O–H groups in total. The van der Waals surface area contributed by atoms with Gasteiger partial charge in [0.2, 0.25) is 0 Å². The monoisotopic (exact) mass is 316 g/mol. The molecule has 1 aromatic carbocycles. The molecule has 0 radical (unpaired) electrons. The summed E-state index contributed by atoms with van der Waals surface area (Å²) in [4.78, 5) is 11.9.